The smallest absolute Gasteiger partial charge is 0.281 e. The highest BCUT2D eigenvalue weighted by Gasteiger charge is 2.15. The fourth-order valence-corrected chi connectivity index (χ4v) is 2.98. The van der Waals surface area contributed by atoms with E-state index in [1.807, 2.05) is 0 Å². The summed E-state index contributed by atoms with van der Waals surface area (Å²) in [6, 6.07) is 5.34. The Hall–Kier alpha value is -1.02. The molecule has 0 aliphatic carbocycles. The number of hydrogen-bond acceptors (Lipinski definition) is 3. The van der Waals surface area contributed by atoms with Gasteiger partial charge >= 0.3 is 10.1 Å². The van der Waals surface area contributed by atoms with Crippen LogP contribution in [0, 0.1) is 11.6 Å². The molecule has 18 heavy (non-hydrogen) atoms. The molecular formula is C10H7ClF2O3S2. The second-order valence-corrected chi connectivity index (χ2v) is 5.95. The Bertz CT molecular complexity index is 668. The van der Waals surface area contributed by atoms with Crippen molar-refractivity contribution < 1.29 is 21.8 Å². The molecule has 1 aromatic carbocycles. The van der Waals surface area contributed by atoms with Crippen molar-refractivity contribution in [3.63, 3.8) is 0 Å². The van der Waals surface area contributed by atoms with Crippen molar-refractivity contribution in [1.29, 1.82) is 0 Å². The summed E-state index contributed by atoms with van der Waals surface area (Å²) in [6.45, 7) is 0. The van der Waals surface area contributed by atoms with E-state index in [9.17, 15) is 17.2 Å². The maximum absolute atomic E-state index is 13.4. The van der Waals surface area contributed by atoms with Crippen molar-refractivity contribution in [3.8, 4) is 10.4 Å². The van der Waals surface area contributed by atoms with Crippen LogP contribution in [0.1, 0.15) is 0 Å². The third-order valence-corrected chi connectivity index (χ3v) is 4.47. The Morgan fingerprint density at radius 3 is 2.33 bits per heavy atom. The van der Waals surface area contributed by atoms with Gasteiger partial charge in [0.25, 0.3) is 0 Å². The van der Waals surface area contributed by atoms with E-state index in [0.29, 0.717) is 11.3 Å². The Morgan fingerprint density at radius 2 is 1.78 bits per heavy atom. The minimum atomic E-state index is -4.31. The third-order valence-electron chi connectivity index (χ3n) is 2.03. The number of hydrogen-bond donors (Lipinski definition) is 1. The number of thiophene rings is 1. The summed E-state index contributed by atoms with van der Waals surface area (Å²) >= 11 is 0.671. The predicted octanol–water partition coefficient (Wildman–Crippen LogP) is 3.36. The molecule has 0 atom stereocenters. The first-order chi connectivity index (χ1) is 7.88. The summed E-state index contributed by atoms with van der Waals surface area (Å²) in [5.41, 5.74) is -0.0371. The Morgan fingerprint density at radius 1 is 1.11 bits per heavy atom. The highest BCUT2D eigenvalue weighted by molar-refractivity contribution is 7.88. The van der Waals surface area contributed by atoms with E-state index in [1.54, 1.807) is 0 Å². The van der Waals surface area contributed by atoms with Crippen LogP contribution in [-0.4, -0.2) is 13.0 Å². The minimum absolute atomic E-state index is 0. The zero-order valence-corrected chi connectivity index (χ0v) is 11.1. The summed E-state index contributed by atoms with van der Waals surface area (Å²) in [5.74, 6) is -1.28. The standard InChI is InChI=1S/C10H6F2O3S2.ClH/c11-6-1-2-8(12)7(5-6)9-3-4-10(16-9)17(13,14)15;/h1-5H,(H,13,14,15);1H. The van der Waals surface area contributed by atoms with Crippen LogP contribution in [0.25, 0.3) is 10.4 Å². The number of halogens is 3. The monoisotopic (exact) mass is 312 g/mol. The molecule has 0 radical (unpaired) electrons. The largest absolute Gasteiger partial charge is 0.304 e. The first-order valence-corrected chi connectivity index (χ1v) is 6.66. The Balaban J connectivity index is 0.00000162. The summed E-state index contributed by atoms with van der Waals surface area (Å²) in [7, 11) is -4.31. The second kappa shape index (κ2) is 5.31. The van der Waals surface area contributed by atoms with E-state index < -0.39 is 21.8 Å². The van der Waals surface area contributed by atoms with E-state index in [4.69, 9.17) is 4.55 Å². The van der Waals surface area contributed by atoms with Gasteiger partial charge in [0, 0.05) is 10.4 Å². The molecule has 0 aliphatic rings. The number of benzene rings is 1. The molecule has 0 unspecified atom stereocenters. The van der Waals surface area contributed by atoms with Gasteiger partial charge < -0.3 is 0 Å². The van der Waals surface area contributed by atoms with Gasteiger partial charge in [-0.1, -0.05) is 0 Å². The maximum Gasteiger partial charge on any atom is 0.304 e. The topological polar surface area (TPSA) is 54.4 Å². The Kier molecular flexibility index (Phi) is 4.44. The lowest BCUT2D eigenvalue weighted by molar-refractivity contribution is 0.485. The average molecular weight is 313 g/mol. The van der Waals surface area contributed by atoms with Crippen LogP contribution in [-0.2, 0) is 10.1 Å². The highest BCUT2D eigenvalue weighted by Crippen LogP contribution is 2.32. The Labute approximate surface area is 112 Å². The van der Waals surface area contributed by atoms with Gasteiger partial charge in [-0.05, 0) is 30.3 Å². The van der Waals surface area contributed by atoms with E-state index in [1.165, 1.54) is 6.07 Å². The van der Waals surface area contributed by atoms with Gasteiger partial charge in [0.1, 0.15) is 15.8 Å². The van der Waals surface area contributed by atoms with Crippen molar-refractivity contribution in [2.75, 3.05) is 0 Å². The second-order valence-electron chi connectivity index (χ2n) is 3.22. The van der Waals surface area contributed by atoms with E-state index in [2.05, 4.69) is 0 Å². The quantitative estimate of drug-likeness (QED) is 0.865. The summed E-state index contributed by atoms with van der Waals surface area (Å²) in [6.07, 6.45) is 0. The van der Waals surface area contributed by atoms with Crippen LogP contribution >= 0.6 is 23.7 Å². The van der Waals surface area contributed by atoms with Gasteiger partial charge in [-0.15, -0.1) is 23.7 Å². The van der Waals surface area contributed by atoms with Crippen molar-refractivity contribution in [1.82, 2.24) is 0 Å². The van der Waals surface area contributed by atoms with Gasteiger partial charge in [-0.25, -0.2) is 8.78 Å². The molecule has 1 N–H and O–H groups in total. The molecule has 8 heteroatoms. The molecule has 2 aromatic rings. The highest BCUT2D eigenvalue weighted by atomic mass is 35.5. The molecule has 98 valence electrons. The molecule has 0 spiro atoms. The number of rotatable bonds is 2. The van der Waals surface area contributed by atoms with Gasteiger partial charge in [-0.2, -0.15) is 8.42 Å². The summed E-state index contributed by atoms with van der Waals surface area (Å²) in [4.78, 5) is 0.231. The fraction of sp³-hybridized carbons (Fsp3) is 0. The summed E-state index contributed by atoms with van der Waals surface area (Å²) in [5, 5.41) is 0. The molecule has 1 aromatic heterocycles. The van der Waals surface area contributed by atoms with Crippen LogP contribution in [0.2, 0.25) is 0 Å². The zero-order valence-electron chi connectivity index (χ0n) is 8.63. The van der Waals surface area contributed by atoms with E-state index in [0.717, 1.165) is 24.3 Å². The lowest BCUT2D eigenvalue weighted by Crippen LogP contribution is -1.93. The van der Waals surface area contributed by atoms with Crippen molar-refractivity contribution in [2.24, 2.45) is 0 Å². The van der Waals surface area contributed by atoms with Crippen LogP contribution < -0.4 is 0 Å². The average Bonchev–Trinajstić information content (AvgIpc) is 2.70. The zero-order chi connectivity index (χ0) is 12.6. The molecule has 0 fully saturated rings. The summed E-state index contributed by atoms with van der Waals surface area (Å²) < 4.78 is 56.5. The van der Waals surface area contributed by atoms with E-state index in [-0.39, 0.29) is 27.1 Å². The van der Waals surface area contributed by atoms with Crippen LogP contribution in [0.3, 0.4) is 0 Å². The SMILES string of the molecule is Cl.O=S(=O)(O)c1ccc(-c2cc(F)ccc2F)s1. The minimum Gasteiger partial charge on any atom is -0.281 e. The molecule has 0 aliphatic heterocycles. The normalized spacial score (nSPS) is 11.1. The molecule has 0 amide bonds. The molecule has 1 heterocycles. The van der Waals surface area contributed by atoms with Gasteiger partial charge in [0.15, 0.2) is 0 Å². The van der Waals surface area contributed by atoms with Crippen LogP contribution in [0.5, 0.6) is 0 Å². The third kappa shape index (κ3) is 3.05. The van der Waals surface area contributed by atoms with Gasteiger partial charge in [-0.3, -0.25) is 4.55 Å². The van der Waals surface area contributed by atoms with E-state index >= 15 is 0 Å². The van der Waals surface area contributed by atoms with Crippen molar-refractivity contribution >= 4 is 33.9 Å². The molecule has 0 saturated carbocycles. The van der Waals surface area contributed by atoms with Crippen molar-refractivity contribution in [2.45, 2.75) is 4.21 Å². The molecule has 0 bridgehead atoms. The van der Waals surface area contributed by atoms with Crippen molar-refractivity contribution in [3.05, 3.63) is 42.0 Å². The van der Waals surface area contributed by atoms with Crippen LogP contribution in [0.4, 0.5) is 8.78 Å². The first-order valence-electron chi connectivity index (χ1n) is 4.40. The predicted molar refractivity (Wildman–Crippen MR) is 66.7 cm³/mol. The molecule has 0 saturated heterocycles. The fourth-order valence-electron chi connectivity index (χ4n) is 1.29. The lowest BCUT2D eigenvalue weighted by atomic mass is 10.2. The van der Waals surface area contributed by atoms with Gasteiger partial charge in [0.05, 0.1) is 0 Å². The van der Waals surface area contributed by atoms with Gasteiger partial charge in [0.2, 0.25) is 0 Å². The molecule has 2 rings (SSSR count). The molecule has 3 nitrogen and oxygen atoms in total. The van der Waals surface area contributed by atoms with Crippen LogP contribution in [0.15, 0.2) is 34.5 Å². The molecular weight excluding hydrogens is 306 g/mol. The maximum atomic E-state index is 13.4. The first kappa shape index (κ1) is 15.0. The lowest BCUT2D eigenvalue weighted by Gasteiger charge is -1.99.